The SMILES string of the molecule is CCCCCCCCOOC1(OC)CCCC1. The van der Waals surface area contributed by atoms with Crippen molar-refractivity contribution in [2.45, 2.75) is 76.9 Å². The predicted molar refractivity (Wildman–Crippen MR) is 68.6 cm³/mol. The van der Waals surface area contributed by atoms with Gasteiger partial charge in [0.1, 0.15) is 0 Å². The first kappa shape index (κ1) is 14.9. The fourth-order valence-corrected chi connectivity index (χ4v) is 2.33. The molecule has 102 valence electrons. The summed E-state index contributed by atoms with van der Waals surface area (Å²) in [6.45, 7) is 2.93. The van der Waals surface area contributed by atoms with Gasteiger partial charge in [-0.2, -0.15) is 0 Å². The van der Waals surface area contributed by atoms with Gasteiger partial charge in [-0.25, -0.2) is 9.78 Å². The number of rotatable bonds is 10. The normalized spacial score (nSPS) is 18.7. The van der Waals surface area contributed by atoms with Crippen LogP contribution in [0.4, 0.5) is 0 Å². The number of methoxy groups -OCH3 is 1. The van der Waals surface area contributed by atoms with Crippen molar-refractivity contribution in [3.8, 4) is 0 Å². The number of hydrogen-bond acceptors (Lipinski definition) is 3. The van der Waals surface area contributed by atoms with Gasteiger partial charge in [-0.1, -0.05) is 39.0 Å². The third kappa shape index (κ3) is 5.84. The van der Waals surface area contributed by atoms with E-state index < -0.39 is 5.79 Å². The van der Waals surface area contributed by atoms with Gasteiger partial charge in [0, 0.05) is 20.0 Å². The molecule has 0 unspecified atom stereocenters. The van der Waals surface area contributed by atoms with E-state index in [2.05, 4.69) is 6.92 Å². The van der Waals surface area contributed by atoms with Gasteiger partial charge < -0.3 is 4.74 Å². The van der Waals surface area contributed by atoms with Crippen molar-refractivity contribution in [2.75, 3.05) is 13.7 Å². The van der Waals surface area contributed by atoms with Gasteiger partial charge in [0.15, 0.2) is 0 Å². The second kappa shape index (κ2) is 8.90. The predicted octanol–water partition coefficient (Wildman–Crippen LogP) is 4.21. The molecule has 3 nitrogen and oxygen atoms in total. The van der Waals surface area contributed by atoms with Crippen LogP contribution < -0.4 is 0 Å². The van der Waals surface area contributed by atoms with E-state index in [-0.39, 0.29) is 0 Å². The maximum atomic E-state index is 5.45. The van der Waals surface area contributed by atoms with E-state index in [9.17, 15) is 0 Å². The van der Waals surface area contributed by atoms with Crippen LogP contribution in [0.25, 0.3) is 0 Å². The second-order valence-corrected chi connectivity index (χ2v) is 4.99. The van der Waals surface area contributed by atoms with Crippen LogP contribution in [-0.4, -0.2) is 19.5 Å². The third-order valence-corrected chi connectivity index (χ3v) is 3.53. The van der Waals surface area contributed by atoms with E-state index in [1.165, 1.54) is 44.9 Å². The van der Waals surface area contributed by atoms with Gasteiger partial charge in [-0.05, 0) is 19.3 Å². The van der Waals surface area contributed by atoms with E-state index in [4.69, 9.17) is 14.5 Å². The highest BCUT2D eigenvalue weighted by Crippen LogP contribution is 2.33. The summed E-state index contributed by atoms with van der Waals surface area (Å²) in [5.41, 5.74) is 0. The first-order valence-corrected chi connectivity index (χ1v) is 7.19. The lowest BCUT2D eigenvalue weighted by molar-refractivity contribution is -0.422. The largest absolute Gasteiger partial charge is 0.351 e. The summed E-state index contributed by atoms with van der Waals surface area (Å²) in [5.74, 6) is -0.442. The van der Waals surface area contributed by atoms with Gasteiger partial charge in [0.2, 0.25) is 5.79 Å². The Bertz CT molecular complexity index is 176. The summed E-state index contributed by atoms with van der Waals surface area (Å²) >= 11 is 0. The molecule has 0 aromatic rings. The van der Waals surface area contributed by atoms with Crippen LogP contribution in [0.1, 0.15) is 71.1 Å². The zero-order valence-corrected chi connectivity index (χ0v) is 11.5. The average Bonchev–Trinajstić information content (AvgIpc) is 2.82. The first-order chi connectivity index (χ1) is 8.33. The van der Waals surface area contributed by atoms with Crippen molar-refractivity contribution in [2.24, 2.45) is 0 Å². The highest BCUT2D eigenvalue weighted by atomic mass is 17.2. The fraction of sp³-hybridized carbons (Fsp3) is 1.00. The van der Waals surface area contributed by atoms with Crippen molar-refractivity contribution in [3.05, 3.63) is 0 Å². The van der Waals surface area contributed by atoms with Crippen LogP contribution in [0.5, 0.6) is 0 Å². The van der Waals surface area contributed by atoms with E-state index in [0.717, 1.165) is 19.3 Å². The molecular weight excluding hydrogens is 216 g/mol. The van der Waals surface area contributed by atoms with Crippen LogP contribution in [0.3, 0.4) is 0 Å². The minimum absolute atomic E-state index is 0.442. The molecule has 0 saturated heterocycles. The van der Waals surface area contributed by atoms with Crippen LogP contribution in [0.15, 0.2) is 0 Å². The molecule has 1 aliphatic rings. The van der Waals surface area contributed by atoms with Crippen LogP contribution >= 0.6 is 0 Å². The van der Waals surface area contributed by atoms with Gasteiger partial charge in [0.05, 0.1) is 6.61 Å². The molecule has 1 aliphatic carbocycles. The Hall–Kier alpha value is -0.120. The van der Waals surface area contributed by atoms with Crippen LogP contribution in [0, 0.1) is 0 Å². The zero-order chi connectivity index (χ0) is 12.4. The second-order valence-electron chi connectivity index (χ2n) is 4.99. The molecule has 0 spiro atoms. The highest BCUT2D eigenvalue weighted by molar-refractivity contribution is 4.75. The molecule has 0 amide bonds. The molecule has 0 atom stereocenters. The molecule has 0 radical (unpaired) electrons. The Kier molecular flexibility index (Phi) is 7.82. The molecule has 17 heavy (non-hydrogen) atoms. The maximum absolute atomic E-state index is 5.45. The standard InChI is InChI=1S/C14H28O3/c1-3-4-5-6-7-10-13-16-17-14(15-2)11-8-9-12-14/h3-13H2,1-2H3. The quantitative estimate of drug-likeness (QED) is 0.249. The third-order valence-electron chi connectivity index (χ3n) is 3.53. The molecule has 0 aromatic heterocycles. The highest BCUT2D eigenvalue weighted by Gasteiger charge is 2.36. The Labute approximate surface area is 106 Å². The Morgan fingerprint density at radius 1 is 0.941 bits per heavy atom. The minimum Gasteiger partial charge on any atom is -0.351 e. The van der Waals surface area contributed by atoms with Gasteiger partial charge in [-0.3, -0.25) is 0 Å². The minimum atomic E-state index is -0.442. The molecule has 3 heteroatoms. The molecule has 0 heterocycles. The summed E-state index contributed by atoms with van der Waals surface area (Å²) in [7, 11) is 1.71. The zero-order valence-electron chi connectivity index (χ0n) is 11.5. The smallest absolute Gasteiger partial charge is 0.201 e. The van der Waals surface area contributed by atoms with Crippen molar-refractivity contribution < 1.29 is 14.5 Å². The Balaban J connectivity index is 1.92. The van der Waals surface area contributed by atoms with Crippen molar-refractivity contribution >= 4 is 0 Å². The molecule has 0 aromatic carbocycles. The monoisotopic (exact) mass is 244 g/mol. The van der Waals surface area contributed by atoms with Crippen LogP contribution in [0.2, 0.25) is 0 Å². The van der Waals surface area contributed by atoms with Crippen molar-refractivity contribution in [1.29, 1.82) is 0 Å². The summed E-state index contributed by atoms with van der Waals surface area (Å²) in [6.07, 6.45) is 11.9. The molecular formula is C14H28O3. The first-order valence-electron chi connectivity index (χ1n) is 7.19. The molecule has 1 fully saturated rings. The summed E-state index contributed by atoms with van der Waals surface area (Å²) < 4.78 is 5.41. The topological polar surface area (TPSA) is 27.7 Å². The van der Waals surface area contributed by atoms with Crippen molar-refractivity contribution in [3.63, 3.8) is 0 Å². The average molecular weight is 244 g/mol. The lowest BCUT2D eigenvalue weighted by atomic mass is 10.1. The maximum Gasteiger partial charge on any atom is 0.201 e. The fourth-order valence-electron chi connectivity index (χ4n) is 2.33. The Morgan fingerprint density at radius 3 is 2.24 bits per heavy atom. The van der Waals surface area contributed by atoms with Crippen molar-refractivity contribution in [1.82, 2.24) is 0 Å². The molecule has 0 bridgehead atoms. The molecule has 1 rings (SSSR count). The number of ether oxygens (including phenoxy) is 1. The summed E-state index contributed by atoms with van der Waals surface area (Å²) in [4.78, 5) is 10.7. The summed E-state index contributed by atoms with van der Waals surface area (Å²) in [6, 6.07) is 0. The lowest BCUT2D eigenvalue weighted by Gasteiger charge is -2.25. The van der Waals surface area contributed by atoms with Gasteiger partial charge >= 0.3 is 0 Å². The van der Waals surface area contributed by atoms with Gasteiger partial charge in [-0.15, -0.1) is 0 Å². The lowest BCUT2D eigenvalue weighted by Crippen LogP contribution is -2.31. The van der Waals surface area contributed by atoms with E-state index in [1.54, 1.807) is 7.11 Å². The van der Waals surface area contributed by atoms with Crippen LogP contribution in [-0.2, 0) is 14.5 Å². The molecule has 1 saturated carbocycles. The summed E-state index contributed by atoms with van der Waals surface area (Å²) in [5, 5.41) is 0. The molecule has 0 aliphatic heterocycles. The van der Waals surface area contributed by atoms with E-state index >= 15 is 0 Å². The van der Waals surface area contributed by atoms with E-state index in [1.807, 2.05) is 0 Å². The Morgan fingerprint density at radius 2 is 1.59 bits per heavy atom. The molecule has 0 N–H and O–H groups in total. The van der Waals surface area contributed by atoms with Gasteiger partial charge in [0.25, 0.3) is 0 Å². The van der Waals surface area contributed by atoms with E-state index in [0.29, 0.717) is 6.61 Å². The number of unbranched alkanes of at least 4 members (excludes halogenated alkanes) is 5. The number of hydrogen-bond donors (Lipinski definition) is 0.